The number of pyridine rings is 2. The quantitative estimate of drug-likeness (QED) is 0.381. The Bertz CT molecular complexity index is 1570. The number of aromatic nitrogens is 5. The number of ether oxygens (including phenoxy) is 2. The third-order valence-electron chi connectivity index (χ3n) is 7.06. The van der Waals surface area contributed by atoms with Gasteiger partial charge in [0.1, 0.15) is 11.5 Å². The molecule has 0 amide bonds. The molecule has 37 heavy (non-hydrogen) atoms. The van der Waals surface area contributed by atoms with Gasteiger partial charge in [-0.25, -0.2) is 19.9 Å². The minimum absolute atomic E-state index is 0.692. The van der Waals surface area contributed by atoms with Crippen molar-refractivity contribution in [1.29, 1.82) is 0 Å². The van der Waals surface area contributed by atoms with E-state index in [0.29, 0.717) is 19.0 Å². The van der Waals surface area contributed by atoms with Crippen molar-refractivity contribution in [2.24, 2.45) is 0 Å². The van der Waals surface area contributed by atoms with Gasteiger partial charge in [-0.2, -0.15) is 0 Å². The molecular weight excluding hydrogens is 486 g/mol. The van der Waals surface area contributed by atoms with E-state index in [2.05, 4.69) is 44.9 Å². The molecule has 0 spiro atoms. The van der Waals surface area contributed by atoms with Gasteiger partial charge in [0.05, 0.1) is 36.6 Å². The molecule has 9 nitrogen and oxygen atoms in total. The third kappa shape index (κ3) is 4.11. The zero-order valence-corrected chi connectivity index (χ0v) is 21.4. The Kier molecular flexibility index (Phi) is 5.72. The van der Waals surface area contributed by atoms with Gasteiger partial charge in [-0.05, 0) is 36.8 Å². The first-order valence-electron chi connectivity index (χ1n) is 12.6. The van der Waals surface area contributed by atoms with Gasteiger partial charge in [-0.15, -0.1) is 11.3 Å². The molecule has 0 radical (unpaired) electrons. The summed E-state index contributed by atoms with van der Waals surface area (Å²) in [6.45, 7) is 8.40. The molecule has 2 aliphatic rings. The fraction of sp³-hybridized carbons (Fsp3) is 0.333. The summed E-state index contributed by atoms with van der Waals surface area (Å²) < 4.78 is 12.2. The lowest BCUT2D eigenvalue weighted by molar-refractivity contribution is 0.122. The van der Waals surface area contributed by atoms with E-state index < -0.39 is 0 Å². The van der Waals surface area contributed by atoms with Gasteiger partial charge in [-0.1, -0.05) is 0 Å². The molecule has 2 aliphatic heterocycles. The van der Waals surface area contributed by atoms with Crippen LogP contribution in [0.5, 0.6) is 0 Å². The predicted molar refractivity (Wildman–Crippen MR) is 147 cm³/mol. The predicted octanol–water partition coefficient (Wildman–Crippen LogP) is 4.28. The maximum Gasteiger partial charge on any atom is 0.163 e. The summed E-state index contributed by atoms with van der Waals surface area (Å²) in [5, 5.41) is 1.04. The second kappa shape index (κ2) is 9.37. The zero-order valence-electron chi connectivity index (χ0n) is 20.6. The Labute approximate surface area is 218 Å². The summed E-state index contributed by atoms with van der Waals surface area (Å²) >= 11 is 1.74. The normalized spacial score (nSPS) is 16.7. The molecule has 0 atom stereocenters. The van der Waals surface area contributed by atoms with Crippen molar-refractivity contribution in [1.82, 2.24) is 24.9 Å². The van der Waals surface area contributed by atoms with E-state index in [1.165, 1.54) is 4.88 Å². The van der Waals surface area contributed by atoms with Crippen LogP contribution in [0, 0.1) is 6.92 Å². The minimum atomic E-state index is 0.692. The molecule has 2 saturated heterocycles. The number of nitrogens with one attached hydrogen (secondary N) is 1. The van der Waals surface area contributed by atoms with E-state index in [9.17, 15) is 0 Å². The van der Waals surface area contributed by atoms with Crippen LogP contribution in [0.25, 0.3) is 43.1 Å². The summed E-state index contributed by atoms with van der Waals surface area (Å²) in [6, 6.07) is 8.40. The molecule has 2 fully saturated rings. The summed E-state index contributed by atoms with van der Waals surface area (Å²) in [6.07, 6.45) is 5.73. The molecule has 0 saturated carbocycles. The number of thiophene rings is 1. The highest BCUT2D eigenvalue weighted by molar-refractivity contribution is 7.23. The second-order valence-electron chi connectivity index (χ2n) is 9.35. The van der Waals surface area contributed by atoms with Gasteiger partial charge < -0.3 is 24.3 Å². The van der Waals surface area contributed by atoms with Crippen LogP contribution in [0.1, 0.15) is 5.56 Å². The van der Waals surface area contributed by atoms with E-state index in [-0.39, 0.29) is 0 Å². The van der Waals surface area contributed by atoms with Crippen molar-refractivity contribution in [2.75, 3.05) is 62.4 Å². The molecule has 5 aromatic rings. The number of anilines is 2. The van der Waals surface area contributed by atoms with Crippen molar-refractivity contribution in [3.8, 4) is 21.8 Å². The number of rotatable bonds is 4. The highest BCUT2D eigenvalue weighted by Crippen LogP contribution is 2.42. The number of aromatic amines is 1. The van der Waals surface area contributed by atoms with E-state index >= 15 is 0 Å². The van der Waals surface area contributed by atoms with Gasteiger partial charge in [0.25, 0.3) is 0 Å². The van der Waals surface area contributed by atoms with Crippen LogP contribution in [-0.4, -0.2) is 77.5 Å². The van der Waals surface area contributed by atoms with Gasteiger partial charge >= 0.3 is 0 Å². The zero-order chi connectivity index (χ0) is 24.8. The average molecular weight is 514 g/mol. The van der Waals surface area contributed by atoms with Crippen molar-refractivity contribution in [3.05, 3.63) is 48.4 Å². The van der Waals surface area contributed by atoms with E-state index in [4.69, 9.17) is 24.4 Å². The first-order chi connectivity index (χ1) is 18.2. The number of H-pyrrole nitrogens is 1. The van der Waals surface area contributed by atoms with Gasteiger partial charge in [-0.3, -0.25) is 0 Å². The Morgan fingerprint density at radius 2 is 1.62 bits per heavy atom. The minimum Gasteiger partial charge on any atom is -0.378 e. The lowest BCUT2D eigenvalue weighted by atomic mass is 10.1. The molecule has 7 heterocycles. The number of fused-ring (bicyclic) bond motifs is 2. The number of aryl methyl sites for hydroxylation is 1. The van der Waals surface area contributed by atoms with E-state index in [1.54, 1.807) is 11.3 Å². The van der Waals surface area contributed by atoms with Crippen LogP contribution in [0.4, 0.5) is 11.6 Å². The van der Waals surface area contributed by atoms with E-state index in [0.717, 1.165) is 89.0 Å². The van der Waals surface area contributed by atoms with Crippen molar-refractivity contribution in [2.45, 2.75) is 6.92 Å². The highest BCUT2D eigenvalue weighted by Gasteiger charge is 2.23. The standard InChI is InChI=1S/C27H27N7O2S/c1-17-22-24(37-23(17)19-2-3-21(29-15-19)33-6-10-35-11-7-33)27(34-8-12-36-13-9-34)32-26(31-22)20-14-18-4-5-28-25(18)30-16-20/h2-5,14-16H,6-13H2,1H3,(H,28,30). The van der Waals surface area contributed by atoms with Crippen LogP contribution < -0.4 is 9.80 Å². The van der Waals surface area contributed by atoms with Crippen LogP contribution in [0.2, 0.25) is 0 Å². The first-order valence-corrected chi connectivity index (χ1v) is 13.4. The smallest absolute Gasteiger partial charge is 0.163 e. The molecule has 7 rings (SSSR count). The Hall–Kier alpha value is -3.60. The number of nitrogens with zero attached hydrogens (tertiary/aromatic N) is 6. The SMILES string of the molecule is Cc1c(-c2ccc(N3CCOCC3)nc2)sc2c(N3CCOCC3)nc(-c3cnc4[nH]ccc4c3)nc12. The summed E-state index contributed by atoms with van der Waals surface area (Å²) in [5.74, 6) is 2.65. The summed E-state index contributed by atoms with van der Waals surface area (Å²) in [5.41, 5.74) is 5.00. The van der Waals surface area contributed by atoms with Crippen molar-refractivity contribution < 1.29 is 9.47 Å². The molecule has 10 heteroatoms. The average Bonchev–Trinajstić information content (AvgIpc) is 3.57. The molecule has 1 N–H and O–H groups in total. The van der Waals surface area contributed by atoms with Gasteiger partial charge in [0.15, 0.2) is 11.6 Å². The monoisotopic (exact) mass is 513 g/mol. The lowest BCUT2D eigenvalue weighted by Gasteiger charge is -2.28. The topological polar surface area (TPSA) is 92.3 Å². The third-order valence-corrected chi connectivity index (χ3v) is 8.39. The number of hydrogen-bond acceptors (Lipinski definition) is 9. The fourth-order valence-corrected chi connectivity index (χ4v) is 6.28. The fourth-order valence-electron chi connectivity index (χ4n) is 5.03. The number of hydrogen-bond donors (Lipinski definition) is 1. The largest absolute Gasteiger partial charge is 0.378 e. The van der Waals surface area contributed by atoms with Crippen molar-refractivity contribution >= 4 is 44.2 Å². The Morgan fingerprint density at radius 3 is 2.38 bits per heavy atom. The molecular formula is C27H27N7O2S. The molecule has 0 aromatic carbocycles. The summed E-state index contributed by atoms with van der Waals surface area (Å²) in [7, 11) is 0. The molecule has 0 aliphatic carbocycles. The van der Waals surface area contributed by atoms with Crippen LogP contribution in [-0.2, 0) is 9.47 Å². The second-order valence-corrected chi connectivity index (χ2v) is 10.4. The maximum atomic E-state index is 5.63. The van der Waals surface area contributed by atoms with Gasteiger partial charge in [0, 0.05) is 66.2 Å². The molecule has 0 unspecified atom stereocenters. The van der Waals surface area contributed by atoms with Crippen LogP contribution >= 0.6 is 11.3 Å². The summed E-state index contributed by atoms with van der Waals surface area (Å²) in [4.78, 5) is 28.5. The number of morpholine rings is 2. The van der Waals surface area contributed by atoms with E-state index in [1.807, 2.05) is 24.7 Å². The lowest BCUT2D eigenvalue weighted by Crippen LogP contribution is -2.36. The Balaban J connectivity index is 1.33. The molecule has 5 aromatic heterocycles. The maximum absolute atomic E-state index is 5.63. The van der Waals surface area contributed by atoms with Crippen molar-refractivity contribution in [3.63, 3.8) is 0 Å². The van der Waals surface area contributed by atoms with Gasteiger partial charge in [0.2, 0.25) is 0 Å². The first kappa shape index (κ1) is 22.6. The van der Waals surface area contributed by atoms with Crippen LogP contribution in [0.3, 0.4) is 0 Å². The molecule has 188 valence electrons. The molecule has 0 bridgehead atoms. The van der Waals surface area contributed by atoms with Crippen LogP contribution in [0.15, 0.2) is 42.9 Å². The Morgan fingerprint density at radius 1 is 0.865 bits per heavy atom. The highest BCUT2D eigenvalue weighted by atomic mass is 32.1.